The summed E-state index contributed by atoms with van der Waals surface area (Å²) in [6.45, 7) is 20.5. The van der Waals surface area contributed by atoms with Crippen LogP contribution in [0.5, 0.6) is 0 Å². The predicted molar refractivity (Wildman–Crippen MR) is 262 cm³/mol. The van der Waals surface area contributed by atoms with E-state index in [1.54, 1.807) is 80.5 Å². The third-order valence-corrected chi connectivity index (χ3v) is 15.3. The molecule has 13 atom stereocenters. The van der Waals surface area contributed by atoms with E-state index < -0.39 is 162 Å². The standard InChI is InChI=1S/C54H69N3O19/c1-13-40-71-34-22-35-53(25-68-35,75-30(6)59)44-46(74-47(64)31-17-15-14-16-18-31)54(67)24-33(28(4)41(51(54,10)11)43(69-29(5)58)45(73-40)52(34,44)12)70-48(65)42(32(21-27(2)3)56-49(66)76-50(7,8)9)72-39(63)23-36(60)55-26-57-37(61)19-20-38(57)62/h13-20,27,32-35,40,42-46,67H,1,21-26H2,2-12H3,(H,55,60)(H,56,66)/t32-,33-,34-,35+,40?,42+,43-,44-,45-,46-,52+,53-,54+/m0/s1. The quantitative estimate of drug-likeness (QED) is 0.0697. The van der Waals surface area contributed by atoms with Crippen molar-refractivity contribution in [3.05, 3.63) is 71.8 Å². The number of carbonyl (C=O) groups is 9. The van der Waals surface area contributed by atoms with Crippen LogP contribution in [-0.4, -0.2) is 149 Å². The van der Waals surface area contributed by atoms with E-state index in [1.807, 2.05) is 0 Å². The number of hydrogen-bond acceptors (Lipinski definition) is 19. The molecule has 3 aliphatic carbocycles. The first-order valence-corrected chi connectivity index (χ1v) is 25.3. The van der Waals surface area contributed by atoms with Crippen LogP contribution < -0.4 is 10.6 Å². The molecule has 3 N–H and O–H groups in total. The monoisotopic (exact) mass is 1060 g/mol. The zero-order valence-electron chi connectivity index (χ0n) is 44.7. The molecule has 22 nitrogen and oxygen atoms in total. The molecule has 4 fully saturated rings. The van der Waals surface area contributed by atoms with Gasteiger partial charge in [0.05, 0.1) is 30.2 Å². The van der Waals surface area contributed by atoms with Gasteiger partial charge in [-0.1, -0.05) is 59.4 Å². The first-order chi connectivity index (χ1) is 35.5. The van der Waals surface area contributed by atoms with Crippen molar-refractivity contribution in [3.63, 3.8) is 0 Å². The third kappa shape index (κ3) is 10.9. The van der Waals surface area contributed by atoms with Gasteiger partial charge in [0.2, 0.25) is 12.0 Å². The lowest BCUT2D eigenvalue weighted by Crippen LogP contribution is -2.83. The SMILES string of the molecule is C=CC1O[C@H]2C[C@H]3OC[C@@]3(OC(C)=O)[C@H]3[C@H](OC(=O)c4ccccc4)[C@]4(O)C[C@H](OC(=O)[C@H](OC(=O)CC(=O)NCN5C(=O)C=CC5=O)[C@H](CC(C)C)NC(=O)OC(C)(C)C)C(C)=C([C@H](OC(C)=O)[C@H](O1)[C@]23C)C4(C)C. The average molecular weight is 1060 g/mol. The lowest BCUT2D eigenvalue weighted by Gasteiger charge is -2.71. The summed E-state index contributed by atoms with van der Waals surface area (Å²) in [5.41, 5.74) is -7.63. The second kappa shape index (κ2) is 21.5. The van der Waals surface area contributed by atoms with Gasteiger partial charge in [0.15, 0.2) is 18.0 Å². The summed E-state index contributed by atoms with van der Waals surface area (Å²) in [6, 6.07) is 6.58. The van der Waals surface area contributed by atoms with E-state index in [4.69, 9.17) is 42.6 Å². The van der Waals surface area contributed by atoms with E-state index >= 15 is 4.79 Å². The van der Waals surface area contributed by atoms with Gasteiger partial charge in [-0.15, -0.1) is 0 Å². The molecule has 1 aromatic carbocycles. The molecule has 7 rings (SSSR count). The molecule has 2 saturated heterocycles. The van der Waals surface area contributed by atoms with E-state index in [-0.39, 0.29) is 42.1 Å². The molecule has 76 heavy (non-hydrogen) atoms. The van der Waals surface area contributed by atoms with Crippen molar-refractivity contribution in [1.82, 2.24) is 15.5 Å². The van der Waals surface area contributed by atoms with Gasteiger partial charge in [-0.2, -0.15) is 0 Å². The van der Waals surface area contributed by atoms with Gasteiger partial charge in [-0.25, -0.2) is 14.4 Å². The highest BCUT2D eigenvalue weighted by Gasteiger charge is 2.80. The zero-order chi connectivity index (χ0) is 56.0. The van der Waals surface area contributed by atoms with Crippen molar-refractivity contribution in [2.24, 2.45) is 22.7 Å². The second-order valence-electron chi connectivity index (χ2n) is 22.4. The smallest absolute Gasteiger partial charge is 0.408 e. The van der Waals surface area contributed by atoms with Gasteiger partial charge in [-0.3, -0.25) is 33.7 Å². The van der Waals surface area contributed by atoms with Crippen LogP contribution in [0.3, 0.4) is 0 Å². The Labute approximate surface area is 440 Å². The average Bonchev–Trinajstić information content (AvgIpc) is 3.68. The summed E-state index contributed by atoms with van der Waals surface area (Å²) in [5.74, 6) is -8.92. The molecule has 3 aliphatic heterocycles. The third-order valence-electron chi connectivity index (χ3n) is 15.3. The summed E-state index contributed by atoms with van der Waals surface area (Å²) in [6.07, 6.45) is -9.96. The number of benzene rings is 1. The molecule has 4 amide bonds. The maximum Gasteiger partial charge on any atom is 0.408 e. The van der Waals surface area contributed by atoms with Crippen LogP contribution >= 0.6 is 0 Å². The van der Waals surface area contributed by atoms with Crippen molar-refractivity contribution in [3.8, 4) is 0 Å². The molecule has 0 aromatic heterocycles. The highest BCUT2D eigenvalue weighted by molar-refractivity contribution is 6.13. The molecule has 2 bridgehead atoms. The number of alkyl carbamates (subject to hydrolysis) is 1. The Kier molecular flexibility index (Phi) is 16.2. The number of imide groups is 1. The minimum absolute atomic E-state index is 0.0348. The zero-order valence-corrected chi connectivity index (χ0v) is 44.7. The maximum atomic E-state index is 15.2. The molecule has 2 saturated carbocycles. The summed E-state index contributed by atoms with van der Waals surface area (Å²) < 4.78 is 56.6. The normalized spacial score (nSPS) is 31.9. The van der Waals surface area contributed by atoms with Gasteiger partial charge >= 0.3 is 35.9 Å². The molecule has 1 unspecified atom stereocenters. The number of nitrogens with one attached hydrogen (secondary N) is 2. The summed E-state index contributed by atoms with van der Waals surface area (Å²) in [4.78, 5) is 122. The number of hydrogen-bond donors (Lipinski definition) is 3. The van der Waals surface area contributed by atoms with E-state index in [2.05, 4.69) is 17.2 Å². The van der Waals surface area contributed by atoms with Gasteiger partial charge in [0.25, 0.3) is 11.8 Å². The van der Waals surface area contributed by atoms with Crippen molar-refractivity contribution in [1.29, 1.82) is 0 Å². The van der Waals surface area contributed by atoms with E-state index in [9.17, 15) is 43.5 Å². The van der Waals surface area contributed by atoms with E-state index in [0.717, 1.165) is 17.1 Å². The number of rotatable bonds is 16. The van der Waals surface area contributed by atoms with Crippen molar-refractivity contribution < 1.29 is 90.9 Å². The highest BCUT2D eigenvalue weighted by Crippen LogP contribution is 2.67. The van der Waals surface area contributed by atoms with Crippen LogP contribution in [0.1, 0.15) is 112 Å². The van der Waals surface area contributed by atoms with Gasteiger partial charge in [0, 0.05) is 49.7 Å². The number of fused-ring (bicyclic) bond motifs is 4. The van der Waals surface area contributed by atoms with E-state index in [1.165, 1.54) is 32.1 Å². The fourth-order valence-electron chi connectivity index (χ4n) is 11.9. The molecule has 1 aromatic rings. The molecule has 6 aliphatic rings. The number of aliphatic hydroxyl groups is 1. The minimum Gasteiger partial charge on any atom is -0.455 e. The number of ether oxygens (including phenoxy) is 9. The molecule has 414 valence electrons. The highest BCUT2D eigenvalue weighted by atomic mass is 16.7. The summed E-state index contributed by atoms with van der Waals surface area (Å²) in [7, 11) is 0. The van der Waals surface area contributed by atoms with Crippen molar-refractivity contribution >= 4 is 53.7 Å². The molecule has 3 heterocycles. The van der Waals surface area contributed by atoms with Crippen LogP contribution in [0.15, 0.2) is 66.3 Å². The van der Waals surface area contributed by atoms with Crippen LogP contribution in [0, 0.1) is 22.7 Å². The summed E-state index contributed by atoms with van der Waals surface area (Å²) in [5, 5.41) is 19.1. The molecular weight excluding hydrogens is 995 g/mol. The van der Waals surface area contributed by atoms with Crippen LogP contribution in [0.25, 0.3) is 0 Å². The molecule has 0 spiro atoms. The predicted octanol–water partition coefficient (Wildman–Crippen LogP) is 3.81. The van der Waals surface area contributed by atoms with Crippen LogP contribution in [-0.2, 0) is 76.2 Å². The Morgan fingerprint density at radius 2 is 1.59 bits per heavy atom. The fourth-order valence-corrected chi connectivity index (χ4v) is 11.9. The maximum absolute atomic E-state index is 15.2. The lowest BCUT2D eigenvalue weighted by molar-refractivity contribution is -0.405. The fraction of sp³-hybridized carbons (Fsp3) is 0.611. The largest absolute Gasteiger partial charge is 0.455 e. The Morgan fingerprint density at radius 1 is 0.934 bits per heavy atom. The second-order valence-corrected chi connectivity index (χ2v) is 22.4. The van der Waals surface area contributed by atoms with Gasteiger partial charge < -0.3 is 58.4 Å². The minimum atomic E-state index is -2.39. The Hall–Kier alpha value is -6.49. The van der Waals surface area contributed by atoms with Gasteiger partial charge in [0.1, 0.15) is 48.7 Å². The Balaban J connectivity index is 1.38. The number of nitrogens with zero attached hydrogens (tertiary/aromatic N) is 1. The first-order valence-electron chi connectivity index (χ1n) is 25.3. The first kappa shape index (κ1) is 57.2. The number of esters is 5. The summed E-state index contributed by atoms with van der Waals surface area (Å²) >= 11 is 0. The Morgan fingerprint density at radius 3 is 2.16 bits per heavy atom. The van der Waals surface area contributed by atoms with Crippen molar-refractivity contribution in [2.45, 2.75) is 174 Å². The molecule has 22 heteroatoms. The van der Waals surface area contributed by atoms with Crippen molar-refractivity contribution in [2.75, 3.05) is 13.3 Å². The Bertz CT molecular complexity index is 2570. The molecular formula is C54H69N3O19. The number of carbonyl (C=O) groups excluding carboxylic acids is 9. The van der Waals surface area contributed by atoms with E-state index in [0.29, 0.717) is 0 Å². The molecule has 0 radical (unpaired) electrons. The topological polar surface area (TPSA) is 284 Å². The number of amides is 4. The van der Waals surface area contributed by atoms with Crippen LogP contribution in [0.2, 0.25) is 0 Å². The van der Waals surface area contributed by atoms with Gasteiger partial charge in [-0.05, 0) is 69.4 Å². The lowest BCUT2D eigenvalue weighted by atomic mass is 9.44. The van der Waals surface area contributed by atoms with Crippen LogP contribution in [0.4, 0.5) is 4.79 Å².